The minimum atomic E-state index is -0.600. The summed E-state index contributed by atoms with van der Waals surface area (Å²) in [5.41, 5.74) is 0.0108. The highest BCUT2D eigenvalue weighted by molar-refractivity contribution is 5.94. The van der Waals surface area contributed by atoms with Crippen molar-refractivity contribution in [2.45, 2.75) is 19.3 Å². The van der Waals surface area contributed by atoms with Crippen molar-refractivity contribution < 1.29 is 14.8 Å². The highest BCUT2D eigenvalue weighted by atomic mass is 16.6. The molecule has 6 nitrogen and oxygen atoms in total. The van der Waals surface area contributed by atoms with Crippen LogP contribution in [0.15, 0.2) is 18.2 Å². The Kier molecular flexibility index (Phi) is 2.95. The van der Waals surface area contributed by atoms with E-state index in [9.17, 15) is 20.0 Å². The fraction of sp³-hybridized carbons (Fsp3) is 0.364. The van der Waals surface area contributed by atoms with Crippen molar-refractivity contribution in [1.29, 1.82) is 0 Å². The summed E-state index contributed by atoms with van der Waals surface area (Å²) >= 11 is 0. The number of phenolic OH excluding ortho intramolecular Hbond substituents is 1. The fourth-order valence-electron chi connectivity index (χ4n) is 1.64. The van der Waals surface area contributed by atoms with Gasteiger partial charge in [-0.15, -0.1) is 0 Å². The number of amides is 1. The van der Waals surface area contributed by atoms with E-state index in [-0.39, 0.29) is 28.9 Å². The van der Waals surface area contributed by atoms with E-state index in [0.717, 1.165) is 25.3 Å². The lowest BCUT2D eigenvalue weighted by Gasteiger charge is -2.24. The molecule has 0 aromatic heterocycles. The molecule has 0 heterocycles. The number of nitro groups is 1. The maximum Gasteiger partial charge on any atom is 0.273 e. The Morgan fingerprint density at radius 2 is 2.18 bits per heavy atom. The molecule has 6 heteroatoms. The van der Waals surface area contributed by atoms with E-state index >= 15 is 0 Å². The van der Waals surface area contributed by atoms with Crippen LogP contribution in [-0.4, -0.2) is 15.9 Å². The van der Waals surface area contributed by atoms with E-state index in [1.54, 1.807) is 0 Å². The average Bonchev–Trinajstić information content (AvgIpc) is 2.18. The number of aromatic hydroxyl groups is 1. The summed E-state index contributed by atoms with van der Waals surface area (Å²) in [5, 5.41) is 22.6. The van der Waals surface area contributed by atoms with Crippen LogP contribution >= 0.6 is 0 Å². The Morgan fingerprint density at radius 1 is 1.47 bits per heavy atom. The molecule has 2 rings (SSSR count). The minimum absolute atomic E-state index is 0.00425. The zero-order chi connectivity index (χ0) is 12.4. The van der Waals surface area contributed by atoms with E-state index in [1.807, 2.05) is 0 Å². The van der Waals surface area contributed by atoms with E-state index in [1.165, 1.54) is 12.1 Å². The van der Waals surface area contributed by atoms with E-state index in [4.69, 9.17) is 0 Å². The standard InChI is InChI=1S/C11H12N2O4/c14-10-6-8(13(16)17)4-5-9(10)12-11(15)7-2-1-3-7/h4-7,14H,1-3H2,(H,12,15). The van der Waals surface area contributed by atoms with Gasteiger partial charge < -0.3 is 10.4 Å². The highest BCUT2D eigenvalue weighted by Gasteiger charge is 2.25. The van der Waals surface area contributed by atoms with Crippen LogP contribution in [0.2, 0.25) is 0 Å². The number of nitrogens with zero attached hydrogens (tertiary/aromatic N) is 1. The van der Waals surface area contributed by atoms with Crippen molar-refractivity contribution in [3.63, 3.8) is 0 Å². The quantitative estimate of drug-likeness (QED) is 0.477. The SMILES string of the molecule is O=C(Nc1ccc([N+](=O)[O-])cc1O)C1CCC1. The smallest absolute Gasteiger partial charge is 0.273 e. The number of carbonyl (C=O) groups is 1. The molecule has 0 aliphatic heterocycles. The first-order chi connectivity index (χ1) is 8.08. The van der Waals surface area contributed by atoms with Gasteiger partial charge >= 0.3 is 0 Å². The van der Waals surface area contributed by atoms with Gasteiger partial charge in [-0.25, -0.2) is 0 Å². The van der Waals surface area contributed by atoms with Gasteiger partial charge in [-0.1, -0.05) is 6.42 Å². The first kappa shape index (κ1) is 11.4. The molecule has 0 spiro atoms. The molecule has 2 N–H and O–H groups in total. The van der Waals surface area contributed by atoms with Gasteiger partial charge in [-0.3, -0.25) is 14.9 Å². The van der Waals surface area contributed by atoms with E-state index < -0.39 is 4.92 Å². The number of anilines is 1. The van der Waals surface area contributed by atoms with Crippen LogP contribution in [0.4, 0.5) is 11.4 Å². The predicted molar refractivity (Wildman–Crippen MR) is 60.7 cm³/mol. The maximum atomic E-state index is 11.6. The molecule has 0 bridgehead atoms. The van der Waals surface area contributed by atoms with Crippen LogP contribution in [0.5, 0.6) is 5.75 Å². The molecule has 0 unspecified atom stereocenters. The first-order valence-corrected chi connectivity index (χ1v) is 5.36. The van der Waals surface area contributed by atoms with Gasteiger partial charge in [0.1, 0.15) is 5.75 Å². The lowest BCUT2D eigenvalue weighted by molar-refractivity contribution is -0.384. The predicted octanol–water partition coefficient (Wildman–Crippen LogP) is 2.04. The molecule has 1 aromatic rings. The molecular weight excluding hydrogens is 224 g/mol. The van der Waals surface area contributed by atoms with Crippen molar-refractivity contribution >= 4 is 17.3 Å². The zero-order valence-electron chi connectivity index (χ0n) is 9.05. The Labute approximate surface area is 97.4 Å². The summed E-state index contributed by atoms with van der Waals surface area (Å²) in [6.45, 7) is 0. The largest absolute Gasteiger partial charge is 0.506 e. The molecule has 1 aromatic carbocycles. The summed E-state index contributed by atoms with van der Waals surface area (Å²) in [6, 6.07) is 3.61. The second-order valence-corrected chi connectivity index (χ2v) is 4.08. The van der Waals surface area contributed by atoms with Crippen molar-refractivity contribution in [3.8, 4) is 5.75 Å². The molecular formula is C11H12N2O4. The van der Waals surface area contributed by atoms with Crippen molar-refractivity contribution in [2.24, 2.45) is 5.92 Å². The third kappa shape index (κ3) is 2.35. The van der Waals surface area contributed by atoms with Gasteiger partial charge in [0.2, 0.25) is 5.91 Å². The molecule has 1 fully saturated rings. The van der Waals surface area contributed by atoms with Gasteiger partial charge in [0.15, 0.2) is 0 Å². The molecule has 0 atom stereocenters. The molecule has 1 aliphatic carbocycles. The Bertz CT molecular complexity index is 469. The first-order valence-electron chi connectivity index (χ1n) is 5.36. The highest BCUT2D eigenvalue weighted by Crippen LogP contribution is 2.31. The third-order valence-electron chi connectivity index (χ3n) is 2.93. The number of rotatable bonds is 3. The normalized spacial score (nSPS) is 15.1. The Morgan fingerprint density at radius 3 is 2.65 bits per heavy atom. The van der Waals surface area contributed by atoms with Gasteiger partial charge in [-0.05, 0) is 18.9 Å². The van der Waals surface area contributed by atoms with Crippen LogP contribution in [0.25, 0.3) is 0 Å². The number of non-ortho nitro benzene ring substituents is 1. The number of benzene rings is 1. The Balaban J connectivity index is 2.10. The minimum Gasteiger partial charge on any atom is -0.506 e. The van der Waals surface area contributed by atoms with Crippen LogP contribution < -0.4 is 5.32 Å². The van der Waals surface area contributed by atoms with Gasteiger partial charge in [-0.2, -0.15) is 0 Å². The van der Waals surface area contributed by atoms with Gasteiger partial charge in [0, 0.05) is 12.0 Å². The summed E-state index contributed by atoms with van der Waals surface area (Å²) < 4.78 is 0. The van der Waals surface area contributed by atoms with Crippen LogP contribution in [0, 0.1) is 16.0 Å². The van der Waals surface area contributed by atoms with Crippen molar-refractivity contribution in [3.05, 3.63) is 28.3 Å². The summed E-state index contributed by atoms with van der Waals surface area (Å²) in [6.07, 6.45) is 2.77. The lowest BCUT2D eigenvalue weighted by Crippen LogP contribution is -2.28. The number of hydrogen-bond acceptors (Lipinski definition) is 4. The van der Waals surface area contributed by atoms with Crippen molar-refractivity contribution in [2.75, 3.05) is 5.32 Å². The van der Waals surface area contributed by atoms with Crippen molar-refractivity contribution in [1.82, 2.24) is 0 Å². The molecule has 0 radical (unpaired) electrons. The second kappa shape index (κ2) is 4.40. The van der Waals surface area contributed by atoms with Crippen LogP contribution in [-0.2, 0) is 4.79 Å². The lowest BCUT2D eigenvalue weighted by atomic mass is 9.85. The molecule has 1 saturated carbocycles. The second-order valence-electron chi connectivity index (χ2n) is 4.08. The number of nitro benzene ring substituents is 1. The number of nitrogens with one attached hydrogen (secondary N) is 1. The summed E-state index contributed by atoms with van der Waals surface area (Å²) in [5.74, 6) is -0.420. The molecule has 90 valence electrons. The number of phenols is 1. The Hall–Kier alpha value is -2.11. The van der Waals surface area contributed by atoms with Crippen LogP contribution in [0.3, 0.4) is 0 Å². The van der Waals surface area contributed by atoms with E-state index in [2.05, 4.69) is 5.32 Å². The molecule has 1 aliphatic rings. The van der Waals surface area contributed by atoms with E-state index in [0.29, 0.717) is 0 Å². The van der Waals surface area contributed by atoms with Gasteiger partial charge in [0.25, 0.3) is 5.69 Å². The van der Waals surface area contributed by atoms with Crippen LogP contribution in [0.1, 0.15) is 19.3 Å². The fourth-order valence-corrected chi connectivity index (χ4v) is 1.64. The summed E-state index contributed by atoms with van der Waals surface area (Å²) in [7, 11) is 0. The molecule has 1 amide bonds. The third-order valence-corrected chi connectivity index (χ3v) is 2.93. The molecule has 17 heavy (non-hydrogen) atoms. The zero-order valence-corrected chi connectivity index (χ0v) is 9.05. The summed E-state index contributed by atoms with van der Waals surface area (Å²) in [4.78, 5) is 21.5. The monoisotopic (exact) mass is 236 g/mol. The number of hydrogen-bond donors (Lipinski definition) is 2. The molecule has 0 saturated heterocycles. The topological polar surface area (TPSA) is 92.5 Å². The maximum absolute atomic E-state index is 11.6. The van der Waals surface area contributed by atoms with Gasteiger partial charge in [0.05, 0.1) is 16.7 Å². The average molecular weight is 236 g/mol. The number of carbonyl (C=O) groups excluding carboxylic acids is 1.